The van der Waals surface area contributed by atoms with Gasteiger partial charge in [-0.2, -0.15) is 0 Å². The molecule has 0 spiro atoms. The first kappa shape index (κ1) is 14.9. The van der Waals surface area contributed by atoms with Crippen molar-refractivity contribution in [3.63, 3.8) is 0 Å². The van der Waals surface area contributed by atoms with Gasteiger partial charge in [0, 0.05) is 18.8 Å². The summed E-state index contributed by atoms with van der Waals surface area (Å²) in [7, 11) is 0. The number of carbonyl (C=O) groups excluding carboxylic acids is 1. The summed E-state index contributed by atoms with van der Waals surface area (Å²) in [5.41, 5.74) is 2.22. The van der Waals surface area contributed by atoms with E-state index in [-0.39, 0.29) is 12.2 Å². The van der Waals surface area contributed by atoms with E-state index < -0.39 is 0 Å². The molecular formula is C19H20O3. The maximum atomic E-state index is 11.3. The largest absolute Gasteiger partial charge is 0.348 e. The van der Waals surface area contributed by atoms with Crippen molar-refractivity contribution >= 4 is 5.78 Å². The molecule has 0 bridgehead atoms. The Labute approximate surface area is 130 Å². The number of benzene rings is 2. The van der Waals surface area contributed by atoms with E-state index in [4.69, 9.17) is 9.47 Å². The van der Waals surface area contributed by atoms with Crippen molar-refractivity contribution in [1.29, 1.82) is 0 Å². The molecule has 2 aromatic rings. The molecule has 3 heteroatoms. The summed E-state index contributed by atoms with van der Waals surface area (Å²) in [6.45, 7) is 1.01. The smallest absolute Gasteiger partial charge is 0.162 e. The van der Waals surface area contributed by atoms with Gasteiger partial charge in [0.05, 0.1) is 13.2 Å². The van der Waals surface area contributed by atoms with Crippen LogP contribution in [0.2, 0.25) is 0 Å². The Bertz CT molecular complexity index is 543. The average Bonchev–Trinajstić information content (AvgIpc) is 2.54. The van der Waals surface area contributed by atoms with E-state index in [1.165, 1.54) is 0 Å². The van der Waals surface area contributed by atoms with Crippen LogP contribution in [0.15, 0.2) is 60.7 Å². The first-order chi connectivity index (χ1) is 10.8. The van der Waals surface area contributed by atoms with Crippen LogP contribution in [0.3, 0.4) is 0 Å². The van der Waals surface area contributed by atoms with Crippen LogP contribution >= 0.6 is 0 Å². The van der Waals surface area contributed by atoms with Crippen LogP contribution in [0.1, 0.15) is 24.0 Å². The molecule has 114 valence electrons. The molecule has 0 unspecified atom stereocenters. The Morgan fingerprint density at radius 3 is 1.68 bits per heavy atom. The number of hydrogen-bond acceptors (Lipinski definition) is 3. The van der Waals surface area contributed by atoms with Gasteiger partial charge in [0.15, 0.2) is 6.29 Å². The molecule has 3 rings (SSSR count). The predicted octanol–water partition coefficient (Wildman–Crippen LogP) is 3.73. The zero-order valence-corrected chi connectivity index (χ0v) is 12.5. The number of Topliss-reactive ketones (excluding diaryl/α,β-unsaturated/α-hetero) is 1. The summed E-state index contributed by atoms with van der Waals surface area (Å²) < 4.78 is 11.9. The van der Waals surface area contributed by atoms with Gasteiger partial charge in [0.2, 0.25) is 0 Å². The fraction of sp³-hybridized carbons (Fsp3) is 0.316. The minimum Gasteiger partial charge on any atom is -0.348 e. The van der Waals surface area contributed by atoms with Gasteiger partial charge in [-0.3, -0.25) is 4.79 Å². The van der Waals surface area contributed by atoms with E-state index >= 15 is 0 Å². The van der Waals surface area contributed by atoms with Gasteiger partial charge in [-0.1, -0.05) is 60.7 Å². The molecule has 0 amide bonds. The summed E-state index contributed by atoms with van der Waals surface area (Å²) in [5.74, 6) is 0.474. The van der Waals surface area contributed by atoms with E-state index in [2.05, 4.69) is 0 Å². The van der Waals surface area contributed by atoms with Gasteiger partial charge >= 0.3 is 0 Å². The first-order valence-corrected chi connectivity index (χ1v) is 7.64. The van der Waals surface area contributed by atoms with Crippen LogP contribution < -0.4 is 0 Å². The van der Waals surface area contributed by atoms with Crippen LogP contribution in [0, 0.1) is 5.92 Å². The van der Waals surface area contributed by atoms with Gasteiger partial charge in [-0.25, -0.2) is 0 Å². The summed E-state index contributed by atoms with van der Waals surface area (Å²) >= 11 is 0. The second-order valence-corrected chi connectivity index (χ2v) is 5.67. The molecule has 1 aliphatic rings. The number of carbonyl (C=O) groups is 1. The van der Waals surface area contributed by atoms with E-state index in [9.17, 15) is 4.79 Å². The highest BCUT2D eigenvalue weighted by Gasteiger charge is 2.35. The molecular weight excluding hydrogens is 276 g/mol. The van der Waals surface area contributed by atoms with Crippen molar-refractivity contribution < 1.29 is 14.3 Å². The third-order valence-electron chi connectivity index (χ3n) is 3.88. The normalized spacial score (nSPS) is 15.0. The molecule has 0 aliphatic heterocycles. The van der Waals surface area contributed by atoms with Crippen molar-refractivity contribution in [1.82, 2.24) is 0 Å². The summed E-state index contributed by atoms with van der Waals surface area (Å²) in [6.07, 6.45) is 0.806. The highest BCUT2D eigenvalue weighted by Crippen LogP contribution is 2.30. The first-order valence-electron chi connectivity index (χ1n) is 7.64. The molecule has 3 nitrogen and oxygen atoms in total. The topological polar surface area (TPSA) is 35.5 Å². The molecule has 0 aromatic heterocycles. The number of ether oxygens (including phenoxy) is 2. The Balaban J connectivity index is 1.56. The number of ketones is 1. The van der Waals surface area contributed by atoms with Crippen molar-refractivity contribution in [3.8, 4) is 0 Å². The van der Waals surface area contributed by atoms with Crippen molar-refractivity contribution in [2.75, 3.05) is 0 Å². The lowest BCUT2D eigenvalue weighted by Crippen LogP contribution is -2.37. The lowest BCUT2D eigenvalue weighted by Gasteiger charge is -2.32. The minimum absolute atomic E-state index is 0.180. The maximum absolute atomic E-state index is 11.3. The highest BCUT2D eigenvalue weighted by atomic mass is 16.7. The maximum Gasteiger partial charge on any atom is 0.162 e. The van der Waals surface area contributed by atoms with Gasteiger partial charge < -0.3 is 9.47 Å². The second-order valence-electron chi connectivity index (χ2n) is 5.67. The summed E-state index contributed by atoms with van der Waals surface area (Å²) in [4.78, 5) is 11.3. The zero-order valence-electron chi connectivity index (χ0n) is 12.5. The van der Waals surface area contributed by atoms with Crippen LogP contribution in [-0.4, -0.2) is 12.1 Å². The van der Waals surface area contributed by atoms with Gasteiger partial charge in [-0.05, 0) is 11.1 Å². The second kappa shape index (κ2) is 7.34. The van der Waals surface area contributed by atoms with Crippen LogP contribution in [0.4, 0.5) is 0 Å². The van der Waals surface area contributed by atoms with Gasteiger partial charge in [-0.15, -0.1) is 0 Å². The molecule has 1 fully saturated rings. The Morgan fingerprint density at radius 2 is 1.27 bits per heavy atom. The molecule has 2 aromatic carbocycles. The molecule has 0 N–H and O–H groups in total. The van der Waals surface area contributed by atoms with E-state index in [1.54, 1.807) is 0 Å². The zero-order chi connectivity index (χ0) is 15.2. The third kappa shape index (κ3) is 4.03. The SMILES string of the molecule is O=C1CC(C(OCc2ccccc2)OCc2ccccc2)C1. The van der Waals surface area contributed by atoms with E-state index in [0.29, 0.717) is 31.8 Å². The van der Waals surface area contributed by atoms with Crippen LogP contribution in [-0.2, 0) is 27.5 Å². The van der Waals surface area contributed by atoms with Crippen molar-refractivity contribution in [3.05, 3.63) is 71.8 Å². The quantitative estimate of drug-likeness (QED) is 0.730. The molecule has 0 heterocycles. The van der Waals surface area contributed by atoms with E-state index in [0.717, 1.165) is 11.1 Å². The van der Waals surface area contributed by atoms with Crippen LogP contribution in [0.25, 0.3) is 0 Å². The van der Waals surface area contributed by atoms with Gasteiger partial charge in [0.25, 0.3) is 0 Å². The van der Waals surface area contributed by atoms with Crippen molar-refractivity contribution in [2.45, 2.75) is 32.3 Å². The molecule has 22 heavy (non-hydrogen) atoms. The Kier molecular flexibility index (Phi) is 4.99. The summed E-state index contributed by atoms with van der Waals surface area (Å²) in [6, 6.07) is 20.0. The Hall–Kier alpha value is -1.97. The molecule has 0 radical (unpaired) electrons. The monoisotopic (exact) mass is 296 g/mol. The lowest BCUT2D eigenvalue weighted by molar-refractivity contribution is -0.199. The molecule has 0 saturated heterocycles. The highest BCUT2D eigenvalue weighted by molar-refractivity contribution is 5.84. The third-order valence-corrected chi connectivity index (χ3v) is 3.88. The molecule has 0 atom stereocenters. The fourth-order valence-electron chi connectivity index (χ4n) is 2.54. The average molecular weight is 296 g/mol. The van der Waals surface area contributed by atoms with E-state index in [1.807, 2.05) is 60.7 Å². The summed E-state index contributed by atoms with van der Waals surface area (Å²) in [5, 5.41) is 0. The molecule has 1 aliphatic carbocycles. The Morgan fingerprint density at radius 1 is 0.818 bits per heavy atom. The number of rotatable bonds is 7. The molecule has 1 saturated carbocycles. The standard InChI is InChI=1S/C19H20O3/c20-18-11-17(12-18)19(21-13-15-7-3-1-4-8-15)22-14-16-9-5-2-6-10-16/h1-10,17,19H,11-14H2. The van der Waals surface area contributed by atoms with Gasteiger partial charge in [0.1, 0.15) is 5.78 Å². The lowest BCUT2D eigenvalue weighted by atomic mass is 9.83. The van der Waals surface area contributed by atoms with Crippen molar-refractivity contribution in [2.24, 2.45) is 5.92 Å². The minimum atomic E-state index is -0.321. The fourth-order valence-corrected chi connectivity index (χ4v) is 2.54. The predicted molar refractivity (Wildman–Crippen MR) is 84.0 cm³/mol. The number of hydrogen-bond donors (Lipinski definition) is 0. The van der Waals surface area contributed by atoms with Crippen LogP contribution in [0.5, 0.6) is 0 Å².